The van der Waals surface area contributed by atoms with E-state index in [9.17, 15) is 4.79 Å². The molecule has 0 aromatic heterocycles. The first-order valence-corrected chi connectivity index (χ1v) is 5.91. The van der Waals surface area contributed by atoms with Crippen LogP contribution in [-0.4, -0.2) is 25.5 Å². The fourth-order valence-electron chi connectivity index (χ4n) is 2.02. The number of benzene rings is 1. The van der Waals surface area contributed by atoms with Crippen molar-refractivity contribution in [2.75, 3.05) is 23.8 Å². The zero-order valence-electron chi connectivity index (χ0n) is 10.5. The molecule has 1 heterocycles. The second-order valence-electron chi connectivity index (χ2n) is 4.82. The summed E-state index contributed by atoms with van der Waals surface area (Å²) in [4.78, 5) is 13.5. The fraction of sp³-hybridized carbons (Fsp3) is 0.462. The minimum atomic E-state index is -0.477. The quantitative estimate of drug-likeness (QED) is 0.773. The predicted octanol–water partition coefficient (Wildman–Crippen LogP) is 1.53. The normalized spacial score (nSPS) is 19.9. The Morgan fingerprint density at radius 1 is 1.47 bits per heavy atom. The van der Waals surface area contributed by atoms with Gasteiger partial charge in [0, 0.05) is 13.6 Å². The molecule has 2 rings (SSSR count). The molecule has 1 aromatic carbocycles. The minimum absolute atomic E-state index is 0.0476. The lowest BCUT2D eigenvalue weighted by Crippen LogP contribution is -2.43. The van der Waals surface area contributed by atoms with Gasteiger partial charge in [-0.05, 0) is 23.6 Å². The third-order valence-electron chi connectivity index (χ3n) is 3.21. The molecule has 0 saturated carbocycles. The van der Waals surface area contributed by atoms with Gasteiger partial charge in [0.15, 0.2) is 0 Å². The van der Waals surface area contributed by atoms with E-state index in [1.807, 2.05) is 6.07 Å². The highest BCUT2D eigenvalue weighted by Gasteiger charge is 2.25. The number of amides is 1. The van der Waals surface area contributed by atoms with Gasteiger partial charge in [-0.15, -0.1) is 0 Å². The van der Waals surface area contributed by atoms with Gasteiger partial charge in [-0.25, -0.2) is 0 Å². The molecule has 1 unspecified atom stereocenters. The Balaban J connectivity index is 2.43. The average Bonchev–Trinajstić information content (AvgIpc) is 2.42. The highest BCUT2D eigenvalue weighted by atomic mass is 16.2. The first kappa shape index (κ1) is 11.9. The SMILES string of the molecule is CC(C)c1ccc2c(c1)NCC(N)C(=O)N2C. The van der Waals surface area contributed by atoms with Crippen molar-refractivity contribution in [2.45, 2.75) is 25.8 Å². The molecule has 3 N–H and O–H groups in total. The summed E-state index contributed by atoms with van der Waals surface area (Å²) in [5, 5.41) is 3.24. The number of hydrogen-bond donors (Lipinski definition) is 2. The van der Waals surface area contributed by atoms with Crippen molar-refractivity contribution in [2.24, 2.45) is 5.73 Å². The molecule has 17 heavy (non-hydrogen) atoms. The molecule has 0 saturated heterocycles. The van der Waals surface area contributed by atoms with Gasteiger partial charge in [-0.3, -0.25) is 4.79 Å². The first-order chi connectivity index (χ1) is 8.00. The van der Waals surface area contributed by atoms with Crippen molar-refractivity contribution < 1.29 is 4.79 Å². The van der Waals surface area contributed by atoms with Crippen LogP contribution in [0.1, 0.15) is 25.3 Å². The van der Waals surface area contributed by atoms with E-state index >= 15 is 0 Å². The molecule has 0 aliphatic carbocycles. The Kier molecular flexibility index (Phi) is 3.07. The minimum Gasteiger partial charge on any atom is -0.381 e. The lowest BCUT2D eigenvalue weighted by atomic mass is 10.0. The van der Waals surface area contributed by atoms with E-state index in [1.54, 1.807) is 11.9 Å². The molecule has 0 fully saturated rings. The zero-order valence-corrected chi connectivity index (χ0v) is 10.5. The number of hydrogen-bond acceptors (Lipinski definition) is 3. The Hall–Kier alpha value is -1.55. The van der Waals surface area contributed by atoms with Crippen LogP contribution >= 0.6 is 0 Å². The summed E-state index contributed by atoms with van der Waals surface area (Å²) in [6.07, 6.45) is 0. The molecule has 4 nitrogen and oxygen atoms in total. The third-order valence-corrected chi connectivity index (χ3v) is 3.21. The number of likely N-dealkylation sites (N-methyl/N-ethyl adjacent to an activating group) is 1. The largest absolute Gasteiger partial charge is 0.381 e. The highest BCUT2D eigenvalue weighted by molar-refractivity contribution is 6.01. The Labute approximate surface area is 102 Å². The van der Waals surface area contributed by atoms with Crippen molar-refractivity contribution in [3.8, 4) is 0 Å². The van der Waals surface area contributed by atoms with Crippen LogP contribution < -0.4 is 16.0 Å². The second kappa shape index (κ2) is 4.37. The summed E-state index contributed by atoms with van der Waals surface area (Å²) in [5.74, 6) is 0.425. The van der Waals surface area contributed by atoms with Gasteiger partial charge < -0.3 is 16.0 Å². The van der Waals surface area contributed by atoms with Crippen molar-refractivity contribution in [1.29, 1.82) is 0 Å². The summed E-state index contributed by atoms with van der Waals surface area (Å²) in [5.41, 5.74) is 8.93. The van der Waals surface area contributed by atoms with Crippen LogP contribution in [0.2, 0.25) is 0 Å². The van der Waals surface area contributed by atoms with E-state index in [4.69, 9.17) is 5.73 Å². The van der Waals surface area contributed by atoms with Crippen molar-refractivity contribution in [1.82, 2.24) is 0 Å². The number of nitrogens with one attached hydrogen (secondary N) is 1. The average molecular weight is 233 g/mol. The number of nitrogens with two attached hydrogens (primary N) is 1. The fourth-order valence-corrected chi connectivity index (χ4v) is 2.02. The van der Waals surface area contributed by atoms with Gasteiger partial charge in [0.05, 0.1) is 11.4 Å². The van der Waals surface area contributed by atoms with Crippen LogP contribution in [-0.2, 0) is 4.79 Å². The maximum atomic E-state index is 11.9. The van der Waals surface area contributed by atoms with Crippen LogP contribution in [0.15, 0.2) is 18.2 Å². The number of carbonyl (C=O) groups is 1. The molecule has 4 heteroatoms. The molecule has 1 atom stereocenters. The van der Waals surface area contributed by atoms with Crippen LogP contribution in [0.5, 0.6) is 0 Å². The number of fused-ring (bicyclic) bond motifs is 1. The zero-order chi connectivity index (χ0) is 12.6. The molecule has 0 radical (unpaired) electrons. The van der Waals surface area contributed by atoms with E-state index in [0.29, 0.717) is 12.5 Å². The van der Waals surface area contributed by atoms with E-state index < -0.39 is 6.04 Å². The van der Waals surface area contributed by atoms with Gasteiger partial charge >= 0.3 is 0 Å². The standard InChI is InChI=1S/C13H19N3O/c1-8(2)9-4-5-12-11(6-9)15-7-10(14)13(17)16(12)3/h4-6,8,10,15H,7,14H2,1-3H3. The molecule has 1 amide bonds. The van der Waals surface area contributed by atoms with Crippen LogP contribution in [0.25, 0.3) is 0 Å². The first-order valence-electron chi connectivity index (χ1n) is 5.91. The van der Waals surface area contributed by atoms with E-state index in [0.717, 1.165) is 11.4 Å². The number of carbonyl (C=O) groups excluding carboxylic acids is 1. The van der Waals surface area contributed by atoms with E-state index in [1.165, 1.54) is 5.56 Å². The smallest absolute Gasteiger partial charge is 0.245 e. The molecule has 92 valence electrons. The van der Waals surface area contributed by atoms with E-state index in [-0.39, 0.29) is 5.91 Å². The summed E-state index contributed by atoms with van der Waals surface area (Å²) in [6.45, 7) is 4.79. The van der Waals surface area contributed by atoms with Crippen molar-refractivity contribution in [3.63, 3.8) is 0 Å². The number of nitrogens with zero attached hydrogens (tertiary/aromatic N) is 1. The molecule has 0 bridgehead atoms. The lowest BCUT2D eigenvalue weighted by molar-refractivity contribution is -0.119. The maximum Gasteiger partial charge on any atom is 0.245 e. The van der Waals surface area contributed by atoms with Gasteiger partial charge in [0.1, 0.15) is 6.04 Å². The third kappa shape index (κ3) is 2.13. The van der Waals surface area contributed by atoms with Crippen LogP contribution in [0, 0.1) is 0 Å². The maximum absolute atomic E-state index is 11.9. The predicted molar refractivity (Wildman–Crippen MR) is 70.4 cm³/mol. The summed E-state index contributed by atoms with van der Waals surface area (Å²) >= 11 is 0. The van der Waals surface area contributed by atoms with Crippen molar-refractivity contribution >= 4 is 17.3 Å². The van der Waals surface area contributed by atoms with Gasteiger partial charge in [0.2, 0.25) is 5.91 Å². The summed E-state index contributed by atoms with van der Waals surface area (Å²) < 4.78 is 0. The summed E-state index contributed by atoms with van der Waals surface area (Å²) in [7, 11) is 1.77. The van der Waals surface area contributed by atoms with Gasteiger partial charge in [-0.1, -0.05) is 19.9 Å². The van der Waals surface area contributed by atoms with Gasteiger partial charge in [0.25, 0.3) is 0 Å². The Morgan fingerprint density at radius 3 is 2.82 bits per heavy atom. The molecular formula is C13H19N3O. The molecule has 1 aliphatic rings. The molecular weight excluding hydrogens is 214 g/mol. The molecule has 1 aromatic rings. The highest BCUT2D eigenvalue weighted by Crippen LogP contribution is 2.31. The van der Waals surface area contributed by atoms with Crippen molar-refractivity contribution in [3.05, 3.63) is 23.8 Å². The summed E-state index contributed by atoms with van der Waals surface area (Å²) in [6, 6.07) is 5.66. The molecule has 0 spiro atoms. The monoisotopic (exact) mass is 233 g/mol. The van der Waals surface area contributed by atoms with E-state index in [2.05, 4.69) is 31.3 Å². The van der Waals surface area contributed by atoms with Crippen LogP contribution in [0.4, 0.5) is 11.4 Å². The Morgan fingerprint density at radius 2 is 2.18 bits per heavy atom. The van der Waals surface area contributed by atoms with Crippen LogP contribution in [0.3, 0.4) is 0 Å². The Bertz CT molecular complexity index is 442. The molecule has 1 aliphatic heterocycles. The lowest BCUT2D eigenvalue weighted by Gasteiger charge is -2.19. The van der Waals surface area contributed by atoms with Gasteiger partial charge in [-0.2, -0.15) is 0 Å². The number of rotatable bonds is 1. The topological polar surface area (TPSA) is 58.4 Å². The number of anilines is 2. The second-order valence-corrected chi connectivity index (χ2v) is 4.82.